The Morgan fingerprint density at radius 1 is 1.30 bits per heavy atom. The number of rotatable bonds is 4. The van der Waals surface area contributed by atoms with Crippen molar-refractivity contribution in [2.45, 2.75) is 52.1 Å². The van der Waals surface area contributed by atoms with Crippen molar-refractivity contribution in [3.05, 3.63) is 17.0 Å². The van der Waals surface area contributed by atoms with Crippen LogP contribution in [0.2, 0.25) is 0 Å². The van der Waals surface area contributed by atoms with Gasteiger partial charge < -0.3 is 14.2 Å². The number of fused-ring (bicyclic) bond motifs is 1. The molecule has 0 unspecified atom stereocenters. The van der Waals surface area contributed by atoms with Gasteiger partial charge in [0.1, 0.15) is 11.3 Å². The highest BCUT2D eigenvalue weighted by Gasteiger charge is 2.37. The molecule has 0 bridgehead atoms. The lowest BCUT2D eigenvalue weighted by atomic mass is 10.0. The first-order valence-electron chi connectivity index (χ1n) is 8.73. The number of aromatic nitrogens is 1. The fourth-order valence-electron chi connectivity index (χ4n) is 3.79. The summed E-state index contributed by atoms with van der Waals surface area (Å²) in [5.74, 6) is 0.677. The number of piperazine rings is 1. The summed E-state index contributed by atoms with van der Waals surface area (Å²) in [6.07, 6.45) is 3.04. The van der Waals surface area contributed by atoms with Crippen LogP contribution in [0, 0.1) is 6.92 Å². The highest BCUT2D eigenvalue weighted by molar-refractivity contribution is 5.96. The molecule has 6 heteroatoms. The summed E-state index contributed by atoms with van der Waals surface area (Å²) < 4.78 is 11.0. The molecule has 2 atom stereocenters. The number of morpholine rings is 1. The zero-order chi connectivity index (χ0) is 16.4. The number of hydrogen-bond acceptors (Lipinski definition) is 5. The van der Waals surface area contributed by atoms with Crippen LogP contribution in [0.3, 0.4) is 0 Å². The molecule has 2 fully saturated rings. The first kappa shape index (κ1) is 16.5. The highest BCUT2D eigenvalue weighted by Crippen LogP contribution is 2.24. The molecule has 3 rings (SSSR count). The molecule has 0 radical (unpaired) electrons. The first-order valence-corrected chi connectivity index (χ1v) is 8.73. The van der Waals surface area contributed by atoms with Crippen molar-refractivity contribution < 1.29 is 14.1 Å². The molecule has 2 saturated heterocycles. The lowest BCUT2D eigenvalue weighted by Crippen LogP contribution is -2.62. The standard InChI is InChI=1S/C17H27N3O3/c1-4-6-13-10-22-11-14-9-19(7-8-20(13)14)17(21)16-12(3)23-18-15(16)5-2/h13-14H,4-11H2,1-3H3/t13-,14+/m0/s1. The van der Waals surface area contributed by atoms with Crippen LogP contribution >= 0.6 is 0 Å². The molecule has 1 aromatic heterocycles. The smallest absolute Gasteiger partial charge is 0.259 e. The molecule has 1 amide bonds. The van der Waals surface area contributed by atoms with Crippen molar-refractivity contribution in [2.75, 3.05) is 32.8 Å². The second-order valence-electron chi connectivity index (χ2n) is 6.54. The molecule has 0 saturated carbocycles. The van der Waals surface area contributed by atoms with Crippen LogP contribution in [0.4, 0.5) is 0 Å². The van der Waals surface area contributed by atoms with Gasteiger partial charge in [0.05, 0.1) is 24.9 Å². The fraction of sp³-hybridized carbons (Fsp3) is 0.765. The van der Waals surface area contributed by atoms with Gasteiger partial charge in [-0.05, 0) is 19.8 Å². The van der Waals surface area contributed by atoms with E-state index in [2.05, 4.69) is 17.0 Å². The molecule has 2 aliphatic heterocycles. The molecular weight excluding hydrogens is 294 g/mol. The number of carbonyl (C=O) groups excluding carboxylic acids is 1. The van der Waals surface area contributed by atoms with Crippen LogP contribution in [0.5, 0.6) is 0 Å². The Labute approximate surface area is 137 Å². The van der Waals surface area contributed by atoms with Crippen molar-refractivity contribution in [1.82, 2.24) is 15.0 Å². The minimum absolute atomic E-state index is 0.0536. The maximum Gasteiger partial charge on any atom is 0.259 e. The number of aryl methyl sites for hydroxylation is 2. The normalized spacial score (nSPS) is 25.4. The molecule has 0 spiro atoms. The Bertz CT molecular complexity index is 555. The van der Waals surface area contributed by atoms with Gasteiger partial charge in [0.2, 0.25) is 0 Å². The van der Waals surface area contributed by atoms with Gasteiger partial charge in [0.15, 0.2) is 0 Å². The third-order valence-corrected chi connectivity index (χ3v) is 5.01. The Hall–Kier alpha value is -1.40. The molecule has 128 valence electrons. The number of nitrogens with zero attached hydrogens (tertiary/aromatic N) is 3. The maximum absolute atomic E-state index is 12.9. The van der Waals surface area contributed by atoms with Crippen LogP contribution in [-0.4, -0.2) is 65.8 Å². The van der Waals surface area contributed by atoms with Gasteiger partial charge in [0.25, 0.3) is 5.91 Å². The SMILES string of the molecule is CCC[C@H]1COC[C@H]2CN(C(=O)c3c(CC)noc3C)CCN12. The van der Waals surface area contributed by atoms with Crippen molar-refractivity contribution >= 4 is 5.91 Å². The van der Waals surface area contributed by atoms with Crippen LogP contribution < -0.4 is 0 Å². The van der Waals surface area contributed by atoms with Crippen LogP contribution in [0.25, 0.3) is 0 Å². The van der Waals surface area contributed by atoms with E-state index >= 15 is 0 Å². The molecule has 3 heterocycles. The van der Waals surface area contributed by atoms with E-state index in [-0.39, 0.29) is 5.91 Å². The van der Waals surface area contributed by atoms with Crippen molar-refractivity contribution in [2.24, 2.45) is 0 Å². The van der Waals surface area contributed by atoms with E-state index in [1.165, 1.54) is 6.42 Å². The third-order valence-electron chi connectivity index (χ3n) is 5.01. The number of hydrogen-bond donors (Lipinski definition) is 0. The summed E-state index contributed by atoms with van der Waals surface area (Å²) in [5, 5.41) is 4.01. The molecule has 23 heavy (non-hydrogen) atoms. The molecule has 0 N–H and O–H groups in total. The Morgan fingerprint density at radius 2 is 2.13 bits per heavy atom. The van der Waals surface area contributed by atoms with Crippen molar-refractivity contribution in [3.8, 4) is 0 Å². The van der Waals surface area contributed by atoms with E-state index < -0.39 is 0 Å². The Morgan fingerprint density at radius 3 is 2.87 bits per heavy atom. The largest absolute Gasteiger partial charge is 0.378 e. The van der Waals surface area contributed by atoms with Gasteiger partial charge in [-0.1, -0.05) is 25.4 Å². The quantitative estimate of drug-likeness (QED) is 0.847. The van der Waals surface area contributed by atoms with Gasteiger partial charge in [-0.25, -0.2) is 0 Å². The average molecular weight is 321 g/mol. The minimum atomic E-state index is 0.0536. The fourth-order valence-corrected chi connectivity index (χ4v) is 3.79. The number of ether oxygens (including phenoxy) is 1. The zero-order valence-corrected chi connectivity index (χ0v) is 14.4. The summed E-state index contributed by atoms with van der Waals surface area (Å²) in [7, 11) is 0. The van der Waals surface area contributed by atoms with Crippen molar-refractivity contribution in [1.29, 1.82) is 0 Å². The van der Waals surface area contributed by atoms with E-state index in [1.54, 1.807) is 0 Å². The molecule has 0 aromatic carbocycles. The summed E-state index contributed by atoms with van der Waals surface area (Å²) in [6, 6.07) is 0.808. The minimum Gasteiger partial charge on any atom is -0.378 e. The zero-order valence-electron chi connectivity index (χ0n) is 14.4. The van der Waals surface area contributed by atoms with E-state index in [4.69, 9.17) is 9.26 Å². The predicted molar refractivity (Wildman–Crippen MR) is 86.5 cm³/mol. The predicted octanol–water partition coefficient (Wildman–Crippen LogP) is 1.87. The van der Waals surface area contributed by atoms with Gasteiger partial charge in [-0.2, -0.15) is 0 Å². The summed E-state index contributed by atoms with van der Waals surface area (Å²) in [4.78, 5) is 17.4. The topological polar surface area (TPSA) is 58.8 Å². The van der Waals surface area contributed by atoms with Crippen LogP contribution in [0.15, 0.2) is 4.52 Å². The maximum atomic E-state index is 12.9. The van der Waals surface area contributed by atoms with E-state index in [1.807, 2.05) is 18.7 Å². The van der Waals surface area contributed by atoms with Gasteiger partial charge >= 0.3 is 0 Å². The van der Waals surface area contributed by atoms with Gasteiger partial charge in [-0.3, -0.25) is 9.69 Å². The highest BCUT2D eigenvalue weighted by atomic mass is 16.5. The Kier molecular flexibility index (Phi) is 5.02. The van der Waals surface area contributed by atoms with E-state index in [0.29, 0.717) is 36.4 Å². The molecule has 6 nitrogen and oxygen atoms in total. The summed E-state index contributed by atoms with van der Waals surface area (Å²) >= 11 is 0. The average Bonchev–Trinajstić information content (AvgIpc) is 2.95. The summed E-state index contributed by atoms with van der Waals surface area (Å²) in [5.41, 5.74) is 1.42. The first-order chi connectivity index (χ1) is 11.2. The second-order valence-corrected chi connectivity index (χ2v) is 6.54. The van der Waals surface area contributed by atoms with Gasteiger partial charge in [-0.15, -0.1) is 0 Å². The van der Waals surface area contributed by atoms with Gasteiger partial charge in [0, 0.05) is 25.7 Å². The number of amides is 1. The van der Waals surface area contributed by atoms with Crippen molar-refractivity contribution in [3.63, 3.8) is 0 Å². The molecule has 2 aliphatic rings. The lowest BCUT2D eigenvalue weighted by molar-refractivity contribution is -0.0776. The second kappa shape index (κ2) is 7.01. The van der Waals surface area contributed by atoms with E-state index in [0.717, 1.165) is 38.4 Å². The third kappa shape index (κ3) is 3.15. The van der Waals surface area contributed by atoms with Crippen LogP contribution in [0.1, 0.15) is 48.5 Å². The number of carbonyl (C=O) groups is 1. The summed E-state index contributed by atoms with van der Waals surface area (Å²) in [6.45, 7) is 9.99. The molecular formula is C17H27N3O3. The molecule has 1 aromatic rings. The molecule has 0 aliphatic carbocycles. The Balaban J connectivity index is 1.72. The lowest BCUT2D eigenvalue weighted by Gasteiger charge is -2.48. The van der Waals surface area contributed by atoms with E-state index in [9.17, 15) is 4.79 Å². The monoisotopic (exact) mass is 321 g/mol. The van der Waals surface area contributed by atoms with Crippen LogP contribution in [-0.2, 0) is 11.2 Å².